The fraction of sp³-hybridized carbons (Fsp3) is 0.143. The SMILES string of the molecule is O=C(Cc1csc2nc(-c3ccc(Cl)cc3)cn12)NCCc1ccc(Cl)cc1. The van der Waals surface area contributed by atoms with Crippen molar-refractivity contribution in [3.8, 4) is 11.3 Å². The number of carbonyl (C=O) groups is 1. The van der Waals surface area contributed by atoms with E-state index in [0.717, 1.165) is 33.9 Å². The first-order valence-corrected chi connectivity index (χ1v) is 10.4. The number of imidazole rings is 1. The summed E-state index contributed by atoms with van der Waals surface area (Å²) in [6, 6.07) is 15.2. The van der Waals surface area contributed by atoms with E-state index in [1.807, 2.05) is 64.5 Å². The molecule has 4 aromatic rings. The minimum absolute atomic E-state index is 0.00425. The first kappa shape index (κ1) is 19.0. The number of halogens is 2. The molecule has 0 radical (unpaired) electrons. The average molecular weight is 430 g/mol. The molecular weight excluding hydrogens is 413 g/mol. The summed E-state index contributed by atoms with van der Waals surface area (Å²) in [6.45, 7) is 0.591. The van der Waals surface area contributed by atoms with Gasteiger partial charge in [0.15, 0.2) is 4.96 Å². The van der Waals surface area contributed by atoms with Crippen LogP contribution in [0.1, 0.15) is 11.3 Å². The maximum absolute atomic E-state index is 12.3. The molecule has 0 spiro atoms. The molecule has 2 aromatic carbocycles. The maximum Gasteiger partial charge on any atom is 0.225 e. The van der Waals surface area contributed by atoms with Gasteiger partial charge in [-0.2, -0.15) is 0 Å². The molecule has 1 N–H and O–H groups in total. The van der Waals surface area contributed by atoms with Gasteiger partial charge in [0.05, 0.1) is 12.1 Å². The zero-order chi connectivity index (χ0) is 19.5. The van der Waals surface area contributed by atoms with Gasteiger partial charge in [-0.1, -0.05) is 47.5 Å². The normalized spacial score (nSPS) is 11.1. The highest BCUT2D eigenvalue weighted by Gasteiger charge is 2.12. The molecule has 0 bridgehead atoms. The molecular formula is C21H17Cl2N3OS. The van der Waals surface area contributed by atoms with Crippen LogP contribution in [0.2, 0.25) is 10.0 Å². The van der Waals surface area contributed by atoms with E-state index < -0.39 is 0 Å². The predicted octanol–water partition coefficient (Wildman–Crippen LogP) is 5.27. The molecule has 4 nitrogen and oxygen atoms in total. The summed E-state index contributed by atoms with van der Waals surface area (Å²) >= 11 is 13.4. The fourth-order valence-electron chi connectivity index (χ4n) is 2.94. The number of hydrogen-bond acceptors (Lipinski definition) is 3. The minimum Gasteiger partial charge on any atom is -0.355 e. The van der Waals surface area contributed by atoms with Crippen LogP contribution in [-0.2, 0) is 17.6 Å². The molecule has 0 aliphatic rings. The van der Waals surface area contributed by atoms with Crippen molar-refractivity contribution in [3.05, 3.63) is 81.4 Å². The third-order valence-electron chi connectivity index (χ3n) is 4.41. The Hall–Kier alpha value is -2.34. The minimum atomic E-state index is -0.00425. The Morgan fingerprint density at radius 3 is 2.43 bits per heavy atom. The van der Waals surface area contributed by atoms with E-state index in [9.17, 15) is 4.79 Å². The molecule has 0 saturated heterocycles. The van der Waals surface area contributed by atoms with E-state index in [1.165, 1.54) is 11.3 Å². The first-order valence-electron chi connectivity index (χ1n) is 8.81. The van der Waals surface area contributed by atoms with E-state index in [-0.39, 0.29) is 5.91 Å². The third-order valence-corrected chi connectivity index (χ3v) is 5.81. The number of rotatable bonds is 6. The van der Waals surface area contributed by atoms with Crippen molar-refractivity contribution in [2.45, 2.75) is 12.8 Å². The number of nitrogens with zero attached hydrogens (tertiary/aromatic N) is 2. The monoisotopic (exact) mass is 429 g/mol. The van der Waals surface area contributed by atoms with Crippen molar-refractivity contribution in [2.75, 3.05) is 6.54 Å². The van der Waals surface area contributed by atoms with Gasteiger partial charge in [0.1, 0.15) is 0 Å². The smallest absolute Gasteiger partial charge is 0.225 e. The largest absolute Gasteiger partial charge is 0.355 e. The molecule has 0 aliphatic heterocycles. The lowest BCUT2D eigenvalue weighted by Crippen LogP contribution is -2.27. The van der Waals surface area contributed by atoms with E-state index in [1.54, 1.807) is 0 Å². The number of fused-ring (bicyclic) bond motifs is 1. The van der Waals surface area contributed by atoms with E-state index >= 15 is 0 Å². The zero-order valence-electron chi connectivity index (χ0n) is 14.9. The summed E-state index contributed by atoms with van der Waals surface area (Å²) in [6.07, 6.45) is 3.05. The Morgan fingerprint density at radius 2 is 1.71 bits per heavy atom. The third kappa shape index (κ3) is 4.38. The number of thiazole rings is 1. The molecule has 2 aromatic heterocycles. The molecule has 142 valence electrons. The van der Waals surface area contributed by atoms with Gasteiger partial charge in [0.2, 0.25) is 5.91 Å². The van der Waals surface area contributed by atoms with Crippen molar-refractivity contribution in [2.24, 2.45) is 0 Å². The summed E-state index contributed by atoms with van der Waals surface area (Å²) in [7, 11) is 0. The van der Waals surface area contributed by atoms with Gasteiger partial charge in [0, 0.05) is 39.4 Å². The van der Waals surface area contributed by atoms with Crippen LogP contribution in [0.25, 0.3) is 16.2 Å². The predicted molar refractivity (Wildman–Crippen MR) is 115 cm³/mol. The molecule has 4 rings (SSSR count). The van der Waals surface area contributed by atoms with E-state index in [0.29, 0.717) is 23.0 Å². The van der Waals surface area contributed by atoms with Crippen molar-refractivity contribution < 1.29 is 4.79 Å². The van der Waals surface area contributed by atoms with Crippen LogP contribution in [0.15, 0.2) is 60.1 Å². The van der Waals surface area contributed by atoms with Crippen LogP contribution in [0.4, 0.5) is 0 Å². The number of benzene rings is 2. The molecule has 0 atom stereocenters. The number of amides is 1. The number of hydrogen-bond donors (Lipinski definition) is 1. The molecule has 0 saturated carbocycles. The van der Waals surface area contributed by atoms with Gasteiger partial charge < -0.3 is 5.32 Å². The molecule has 0 unspecified atom stereocenters. The molecule has 0 fully saturated rings. The van der Waals surface area contributed by atoms with Gasteiger partial charge in [-0.05, 0) is 36.2 Å². The average Bonchev–Trinajstić information content (AvgIpc) is 3.26. The summed E-state index contributed by atoms with van der Waals surface area (Å²) in [5.41, 5.74) is 3.94. The van der Waals surface area contributed by atoms with E-state index in [2.05, 4.69) is 10.3 Å². The van der Waals surface area contributed by atoms with Crippen molar-refractivity contribution in [1.29, 1.82) is 0 Å². The highest BCUT2D eigenvalue weighted by molar-refractivity contribution is 7.15. The quantitative estimate of drug-likeness (QED) is 0.453. The Bertz CT molecular complexity index is 1100. The van der Waals surface area contributed by atoms with Gasteiger partial charge >= 0.3 is 0 Å². The molecule has 1 amide bonds. The topological polar surface area (TPSA) is 46.4 Å². The fourth-order valence-corrected chi connectivity index (χ4v) is 4.07. The molecule has 28 heavy (non-hydrogen) atoms. The maximum atomic E-state index is 12.3. The number of aromatic nitrogens is 2. The number of carbonyl (C=O) groups excluding carboxylic acids is 1. The number of nitrogens with one attached hydrogen (secondary N) is 1. The van der Waals surface area contributed by atoms with Gasteiger partial charge in [-0.15, -0.1) is 11.3 Å². The lowest BCUT2D eigenvalue weighted by atomic mass is 10.1. The lowest BCUT2D eigenvalue weighted by molar-refractivity contribution is -0.120. The zero-order valence-corrected chi connectivity index (χ0v) is 17.2. The lowest BCUT2D eigenvalue weighted by Gasteiger charge is -2.05. The summed E-state index contributed by atoms with van der Waals surface area (Å²) in [5.74, 6) is -0.00425. The second kappa shape index (κ2) is 8.35. The summed E-state index contributed by atoms with van der Waals surface area (Å²) in [4.78, 5) is 17.9. The second-order valence-electron chi connectivity index (χ2n) is 6.42. The molecule has 0 aliphatic carbocycles. The van der Waals surface area contributed by atoms with Gasteiger partial charge in [0.25, 0.3) is 0 Å². The van der Waals surface area contributed by atoms with Crippen LogP contribution in [0.3, 0.4) is 0 Å². The highest BCUT2D eigenvalue weighted by Crippen LogP contribution is 2.25. The van der Waals surface area contributed by atoms with Crippen LogP contribution >= 0.6 is 34.5 Å². The Morgan fingerprint density at radius 1 is 1.04 bits per heavy atom. The van der Waals surface area contributed by atoms with E-state index in [4.69, 9.17) is 23.2 Å². The van der Waals surface area contributed by atoms with Gasteiger partial charge in [-0.25, -0.2) is 4.98 Å². The van der Waals surface area contributed by atoms with Crippen LogP contribution < -0.4 is 5.32 Å². The Kier molecular flexibility index (Phi) is 5.67. The van der Waals surface area contributed by atoms with Crippen LogP contribution in [-0.4, -0.2) is 21.8 Å². The Balaban J connectivity index is 1.39. The van der Waals surface area contributed by atoms with Crippen molar-refractivity contribution >= 4 is 45.4 Å². The first-order chi connectivity index (χ1) is 13.6. The van der Waals surface area contributed by atoms with Crippen molar-refractivity contribution in [1.82, 2.24) is 14.7 Å². The Labute approximate surface area is 176 Å². The standard InChI is InChI=1S/C21H17Cl2N3OS/c22-16-5-1-14(2-6-16)9-10-24-20(27)11-18-13-28-21-25-19(12-26(18)21)15-3-7-17(23)8-4-15/h1-8,12-13H,9-11H2,(H,24,27). The van der Waals surface area contributed by atoms with Crippen LogP contribution in [0.5, 0.6) is 0 Å². The molecule has 7 heteroatoms. The second-order valence-corrected chi connectivity index (χ2v) is 8.13. The molecule has 2 heterocycles. The summed E-state index contributed by atoms with van der Waals surface area (Å²) < 4.78 is 1.98. The van der Waals surface area contributed by atoms with Gasteiger partial charge in [-0.3, -0.25) is 9.20 Å². The highest BCUT2D eigenvalue weighted by atomic mass is 35.5. The van der Waals surface area contributed by atoms with Crippen molar-refractivity contribution in [3.63, 3.8) is 0 Å². The van der Waals surface area contributed by atoms with Crippen LogP contribution in [0, 0.1) is 0 Å². The summed E-state index contributed by atoms with van der Waals surface area (Å²) in [5, 5.41) is 6.37.